The highest BCUT2D eigenvalue weighted by Crippen LogP contribution is 2.29. The van der Waals surface area contributed by atoms with E-state index in [1.54, 1.807) is 6.07 Å². The van der Waals surface area contributed by atoms with E-state index in [2.05, 4.69) is 22.4 Å². The van der Waals surface area contributed by atoms with Gasteiger partial charge in [-0.05, 0) is 48.9 Å². The minimum Gasteiger partial charge on any atom is -0.348 e. The Hall–Kier alpha value is -2.95. The lowest BCUT2D eigenvalue weighted by molar-refractivity contribution is -0.122. The van der Waals surface area contributed by atoms with Gasteiger partial charge in [0.1, 0.15) is 6.54 Å². The van der Waals surface area contributed by atoms with Gasteiger partial charge in [-0.3, -0.25) is 14.2 Å². The Morgan fingerprint density at radius 3 is 2.96 bits per heavy atom. The monoisotopic (exact) mass is 347 g/mol. The van der Waals surface area contributed by atoms with E-state index in [1.165, 1.54) is 22.0 Å². The van der Waals surface area contributed by atoms with Crippen molar-refractivity contribution in [2.75, 3.05) is 0 Å². The van der Waals surface area contributed by atoms with E-state index in [0.717, 1.165) is 24.8 Å². The van der Waals surface area contributed by atoms with Crippen LogP contribution in [0.1, 0.15) is 35.6 Å². The van der Waals surface area contributed by atoms with E-state index in [-0.39, 0.29) is 24.1 Å². The summed E-state index contributed by atoms with van der Waals surface area (Å²) >= 11 is 0. The molecule has 0 bridgehead atoms. The third kappa shape index (κ3) is 3.01. The molecule has 0 fully saturated rings. The van der Waals surface area contributed by atoms with Gasteiger partial charge in [-0.2, -0.15) is 0 Å². The molecule has 0 saturated carbocycles. The third-order valence-corrected chi connectivity index (χ3v) is 5.07. The SMILES string of the molecule is Cc1cccc2c(=O)n(CC(=O)N[C@@H]3CCCc4ccccc43)cnc12. The van der Waals surface area contributed by atoms with Crippen LogP contribution in [0.2, 0.25) is 0 Å². The number of nitrogens with zero attached hydrogens (tertiary/aromatic N) is 2. The van der Waals surface area contributed by atoms with Crippen LogP contribution in [-0.4, -0.2) is 15.5 Å². The molecule has 1 aliphatic rings. The zero-order valence-electron chi connectivity index (χ0n) is 14.7. The van der Waals surface area contributed by atoms with Crippen molar-refractivity contribution in [3.8, 4) is 0 Å². The number of para-hydroxylation sites is 1. The van der Waals surface area contributed by atoms with Gasteiger partial charge in [0, 0.05) is 0 Å². The van der Waals surface area contributed by atoms with Gasteiger partial charge in [-0.25, -0.2) is 4.98 Å². The van der Waals surface area contributed by atoms with E-state index in [9.17, 15) is 9.59 Å². The van der Waals surface area contributed by atoms with Gasteiger partial charge in [0.05, 0.1) is 23.3 Å². The van der Waals surface area contributed by atoms with Crippen LogP contribution in [0, 0.1) is 6.92 Å². The number of carbonyl (C=O) groups is 1. The van der Waals surface area contributed by atoms with Gasteiger partial charge >= 0.3 is 0 Å². The second-order valence-electron chi connectivity index (χ2n) is 6.86. The molecule has 132 valence electrons. The molecule has 5 heteroatoms. The summed E-state index contributed by atoms with van der Waals surface area (Å²) in [5.41, 5.74) is 3.94. The van der Waals surface area contributed by atoms with E-state index < -0.39 is 0 Å². The van der Waals surface area contributed by atoms with Gasteiger partial charge < -0.3 is 5.32 Å². The first kappa shape index (κ1) is 16.5. The van der Waals surface area contributed by atoms with Gasteiger partial charge in [0.15, 0.2) is 0 Å². The van der Waals surface area contributed by atoms with Crippen molar-refractivity contribution in [1.82, 2.24) is 14.9 Å². The average Bonchev–Trinajstić information content (AvgIpc) is 2.65. The summed E-state index contributed by atoms with van der Waals surface area (Å²) in [4.78, 5) is 29.6. The molecule has 0 saturated heterocycles. The molecule has 0 unspecified atom stereocenters. The minimum atomic E-state index is -0.183. The standard InChI is InChI=1S/C21H21N3O2/c1-14-6-4-10-17-20(14)22-13-24(21(17)26)12-19(25)23-18-11-5-8-15-7-2-3-9-16(15)18/h2-4,6-7,9-10,13,18H,5,8,11-12H2,1H3,(H,23,25)/t18-/m1/s1. The maximum absolute atomic E-state index is 12.6. The first-order chi connectivity index (χ1) is 12.6. The van der Waals surface area contributed by atoms with Crippen molar-refractivity contribution in [2.24, 2.45) is 0 Å². The molecular weight excluding hydrogens is 326 g/mol. The number of amides is 1. The number of hydrogen-bond acceptors (Lipinski definition) is 3. The van der Waals surface area contributed by atoms with E-state index in [0.29, 0.717) is 10.9 Å². The van der Waals surface area contributed by atoms with Crippen molar-refractivity contribution in [1.29, 1.82) is 0 Å². The summed E-state index contributed by atoms with van der Waals surface area (Å²) in [6, 6.07) is 13.8. The molecule has 1 aliphatic carbocycles. The first-order valence-electron chi connectivity index (χ1n) is 8.95. The highest BCUT2D eigenvalue weighted by Gasteiger charge is 2.21. The fourth-order valence-corrected chi connectivity index (χ4v) is 3.75. The summed E-state index contributed by atoms with van der Waals surface area (Å²) in [5.74, 6) is -0.164. The number of carbonyl (C=O) groups excluding carboxylic acids is 1. The van der Waals surface area contributed by atoms with Crippen LogP contribution in [0.25, 0.3) is 10.9 Å². The molecule has 1 amide bonds. The van der Waals surface area contributed by atoms with Crippen molar-refractivity contribution in [3.05, 3.63) is 75.8 Å². The maximum Gasteiger partial charge on any atom is 0.261 e. The second-order valence-corrected chi connectivity index (χ2v) is 6.86. The summed E-state index contributed by atoms with van der Waals surface area (Å²) in [5, 5.41) is 3.63. The molecule has 5 nitrogen and oxygen atoms in total. The fraction of sp³-hybridized carbons (Fsp3) is 0.286. The number of hydrogen-bond donors (Lipinski definition) is 1. The van der Waals surface area contributed by atoms with E-state index in [1.807, 2.05) is 31.2 Å². The van der Waals surface area contributed by atoms with Crippen LogP contribution in [-0.2, 0) is 17.8 Å². The number of rotatable bonds is 3. The predicted molar refractivity (Wildman–Crippen MR) is 101 cm³/mol. The molecule has 4 rings (SSSR count). The Bertz CT molecular complexity index is 1040. The molecule has 1 aromatic heterocycles. The molecule has 26 heavy (non-hydrogen) atoms. The Morgan fingerprint density at radius 1 is 1.23 bits per heavy atom. The highest BCUT2D eigenvalue weighted by atomic mass is 16.2. The predicted octanol–water partition coefficient (Wildman–Crippen LogP) is 2.90. The Morgan fingerprint density at radius 2 is 2.08 bits per heavy atom. The zero-order chi connectivity index (χ0) is 18.1. The van der Waals surface area contributed by atoms with Gasteiger partial charge in [-0.1, -0.05) is 36.4 Å². The maximum atomic E-state index is 12.6. The quantitative estimate of drug-likeness (QED) is 0.792. The summed E-state index contributed by atoms with van der Waals surface area (Å²) in [6.45, 7) is 1.90. The molecule has 0 aliphatic heterocycles. The van der Waals surface area contributed by atoms with Crippen molar-refractivity contribution >= 4 is 16.8 Å². The number of aryl methyl sites for hydroxylation is 2. The lowest BCUT2D eigenvalue weighted by Gasteiger charge is -2.26. The number of aromatic nitrogens is 2. The van der Waals surface area contributed by atoms with Crippen molar-refractivity contribution in [2.45, 2.75) is 38.8 Å². The molecule has 0 spiro atoms. The first-order valence-corrected chi connectivity index (χ1v) is 8.95. The van der Waals surface area contributed by atoms with Crippen molar-refractivity contribution < 1.29 is 4.79 Å². The lowest BCUT2D eigenvalue weighted by Crippen LogP contribution is -2.36. The van der Waals surface area contributed by atoms with Crippen LogP contribution in [0.4, 0.5) is 0 Å². The average molecular weight is 347 g/mol. The zero-order valence-corrected chi connectivity index (χ0v) is 14.7. The molecule has 2 aromatic carbocycles. The second kappa shape index (κ2) is 6.75. The molecule has 1 N–H and O–H groups in total. The summed E-state index contributed by atoms with van der Waals surface area (Å²) in [6.07, 6.45) is 4.49. The van der Waals surface area contributed by atoms with Crippen LogP contribution < -0.4 is 10.9 Å². The Labute approximate surface area is 151 Å². The minimum absolute atomic E-state index is 0.0128. The number of fused-ring (bicyclic) bond motifs is 2. The molecule has 0 radical (unpaired) electrons. The Balaban J connectivity index is 1.55. The molecule has 3 aromatic rings. The van der Waals surface area contributed by atoms with Crippen molar-refractivity contribution in [3.63, 3.8) is 0 Å². The highest BCUT2D eigenvalue weighted by molar-refractivity contribution is 5.81. The Kier molecular flexibility index (Phi) is 4.29. The fourth-order valence-electron chi connectivity index (χ4n) is 3.75. The number of nitrogens with one attached hydrogen (secondary N) is 1. The normalized spacial score (nSPS) is 16.3. The van der Waals surface area contributed by atoms with Gasteiger partial charge in [0.2, 0.25) is 5.91 Å². The molecule has 1 heterocycles. The third-order valence-electron chi connectivity index (χ3n) is 5.07. The van der Waals surface area contributed by atoms with Gasteiger partial charge in [-0.15, -0.1) is 0 Å². The van der Waals surface area contributed by atoms with E-state index >= 15 is 0 Å². The largest absolute Gasteiger partial charge is 0.348 e. The molecule has 1 atom stereocenters. The van der Waals surface area contributed by atoms with Crippen LogP contribution in [0.5, 0.6) is 0 Å². The summed E-state index contributed by atoms with van der Waals surface area (Å²) < 4.78 is 1.38. The number of benzene rings is 2. The van der Waals surface area contributed by atoms with Crippen LogP contribution in [0.3, 0.4) is 0 Å². The van der Waals surface area contributed by atoms with Crippen LogP contribution >= 0.6 is 0 Å². The lowest BCUT2D eigenvalue weighted by atomic mass is 9.88. The smallest absolute Gasteiger partial charge is 0.261 e. The molecular formula is C21H21N3O2. The summed E-state index contributed by atoms with van der Waals surface area (Å²) in [7, 11) is 0. The van der Waals surface area contributed by atoms with Crippen LogP contribution in [0.15, 0.2) is 53.6 Å². The van der Waals surface area contributed by atoms with E-state index in [4.69, 9.17) is 0 Å². The topological polar surface area (TPSA) is 64.0 Å². The van der Waals surface area contributed by atoms with Gasteiger partial charge in [0.25, 0.3) is 5.56 Å².